The zero-order chi connectivity index (χ0) is 17.6. The number of nitrogens with one attached hydrogen (secondary N) is 1. The second-order valence-corrected chi connectivity index (χ2v) is 6.31. The van der Waals surface area contributed by atoms with Crippen LogP contribution in [0.4, 0.5) is 0 Å². The van der Waals surface area contributed by atoms with Gasteiger partial charge in [-0.15, -0.1) is 0 Å². The molecule has 1 N–H and O–H groups in total. The van der Waals surface area contributed by atoms with Crippen LogP contribution >= 0.6 is 0 Å². The van der Waals surface area contributed by atoms with Crippen molar-refractivity contribution in [1.29, 1.82) is 0 Å². The average Bonchev–Trinajstić information content (AvgIpc) is 3.10. The van der Waals surface area contributed by atoms with Crippen LogP contribution in [0, 0.1) is 0 Å². The van der Waals surface area contributed by atoms with Crippen LogP contribution in [0.25, 0.3) is 5.69 Å². The molecule has 0 radical (unpaired) electrons. The maximum atomic E-state index is 12.4. The lowest BCUT2D eigenvalue weighted by Crippen LogP contribution is -2.48. The average molecular weight is 341 g/mol. The van der Waals surface area contributed by atoms with Gasteiger partial charge < -0.3 is 10.2 Å². The predicted octanol–water partition coefficient (Wildman–Crippen LogP) is 1.33. The lowest BCUT2D eigenvalue weighted by molar-refractivity contribution is -0.136. The zero-order valence-corrected chi connectivity index (χ0v) is 14.4. The fourth-order valence-corrected chi connectivity index (χ4v) is 2.97. The summed E-state index contributed by atoms with van der Waals surface area (Å²) in [5, 5.41) is 11.3. The number of amides is 2. The smallest absolute Gasteiger partial charge is 0.244 e. The van der Waals surface area contributed by atoms with Gasteiger partial charge in [0.25, 0.3) is 0 Å². The third-order valence-electron chi connectivity index (χ3n) is 4.28. The Hall–Kier alpha value is -2.70. The maximum Gasteiger partial charge on any atom is 0.244 e. The molecule has 1 saturated heterocycles. The van der Waals surface area contributed by atoms with Crippen molar-refractivity contribution in [1.82, 2.24) is 25.2 Å². The molecule has 1 aromatic carbocycles. The second-order valence-electron chi connectivity index (χ2n) is 6.31. The first-order valence-corrected chi connectivity index (χ1v) is 8.68. The first kappa shape index (κ1) is 17.1. The van der Waals surface area contributed by atoms with Crippen molar-refractivity contribution < 1.29 is 9.59 Å². The maximum absolute atomic E-state index is 12.4. The Balaban J connectivity index is 1.54. The van der Waals surface area contributed by atoms with E-state index in [0.29, 0.717) is 5.69 Å². The molecule has 0 aliphatic carbocycles. The quantitative estimate of drug-likeness (QED) is 0.890. The third-order valence-corrected chi connectivity index (χ3v) is 4.28. The molecule has 25 heavy (non-hydrogen) atoms. The topological polar surface area (TPSA) is 80.1 Å². The van der Waals surface area contributed by atoms with Gasteiger partial charge >= 0.3 is 0 Å². The third kappa shape index (κ3) is 4.43. The molecule has 0 spiro atoms. The molecule has 1 aromatic heterocycles. The van der Waals surface area contributed by atoms with Crippen LogP contribution in [-0.4, -0.2) is 50.8 Å². The van der Waals surface area contributed by atoms with Crippen molar-refractivity contribution in [3.8, 4) is 5.69 Å². The standard InChI is InChI=1S/C18H23N5O2/c1-14(18(25)22-10-6-3-7-11-22)20-17(24)12-15-13-19-23(21-15)16-8-4-2-5-9-16/h2,4-5,8-9,13-14H,3,6-7,10-12H2,1H3,(H,20,24)/t14-/m0/s1. The molecule has 0 bridgehead atoms. The number of carbonyl (C=O) groups excluding carboxylic acids is 2. The van der Waals surface area contributed by atoms with Gasteiger partial charge in [0.1, 0.15) is 6.04 Å². The first-order chi connectivity index (χ1) is 12.1. The number of aromatic nitrogens is 3. The van der Waals surface area contributed by atoms with Gasteiger partial charge in [0.05, 0.1) is 24.0 Å². The summed E-state index contributed by atoms with van der Waals surface area (Å²) in [6.07, 6.45) is 4.92. The number of rotatable bonds is 5. The van der Waals surface area contributed by atoms with Crippen LogP contribution in [-0.2, 0) is 16.0 Å². The minimum Gasteiger partial charge on any atom is -0.344 e. The highest BCUT2D eigenvalue weighted by Crippen LogP contribution is 2.10. The number of benzene rings is 1. The van der Waals surface area contributed by atoms with E-state index in [1.807, 2.05) is 35.2 Å². The Bertz CT molecular complexity index is 722. The largest absolute Gasteiger partial charge is 0.344 e. The van der Waals surface area contributed by atoms with Gasteiger partial charge in [0, 0.05) is 13.1 Å². The monoisotopic (exact) mass is 341 g/mol. The normalized spacial score (nSPS) is 15.6. The lowest BCUT2D eigenvalue weighted by atomic mass is 10.1. The van der Waals surface area contributed by atoms with E-state index in [1.165, 1.54) is 11.2 Å². The molecule has 132 valence electrons. The highest BCUT2D eigenvalue weighted by Gasteiger charge is 2.23. The Morgan fingerprint density at radius 1 is 1.16 bits per heavy atom. The first-order valence-electron chi connectivity index (χ1n) is 8.68. The highest BCUT2D eigenvalue weighted by atomic mass is 16.2. The van der Waals surface area contributed by atoms with E-state index < -0.39 is 6.04 Å². The van der Waals surface area contributed by atoms with Crippen LogP contribution in [0.5, 0.6) is 0 Å². The highest BCUT2D eigenvalue weighted by molar-refractivity contribution is 5.88. The van der Waals surface area contributed by atoms with Gasteiger partial charge in [0.15, 0.2) is 0 Å². The Kier molecular flexibility index (Phi) is 5.42. The number of nitrogens with zero attached hydrogens (tertiary/aromatic N) is 4. The predicted molar refractivity (Wildman–Crippen MR) is 93.1 cm³/mol. The van der Waals surface area contributed by atoms with E-state index in [9.17, 15) is 9.59 Å². The van der Waals surface area contributed by atoms with E-state index >= 15 is 0 Å². The summed E-state index contributed by atoms with van der Waals surface area (Å²) < 4.78 is 0. The molecule has 0 saturated carbocycles. The second kappa shape index (κ2) is 7.92. The number of hydrogen-bond acceptors (Lipinski definition) is 4. The molecule has 7 heteroatoms. The van der Waals surface area contributed by atoms with Crippen molar-refractivity contribution in [3.63, 3.8) is 0 Å². The fourth-order valence-electron chi connectivity index (χ4n) is 2.97. The number of para-hydroxylation sites is 1. The van der Waals surface area contributed by atoms with Gasteiger partial charge in [0.2, 0.25) is 11.8 Å². The summed E-state index contributed by atoms with van der Waals surface area (Å²) in [5.41, 5.74) is 1.40. The molecular weight excluding hydrogens is 318 g/mol. The minimum atomic E-state index is -0.519. The number of piperidine rings is 1. The van der Waals surface area contributed by atoms with E-state index in [-0.39, 0.29) is 18.2 Å². The van der Waals surface area contributed by atoms with E-state index in [0.717, 1.165) is 31.6 Å². The fraction of sp³-hybridized carbons (Fsp3) is 0.444. The van der Waals surface area contributed by atoms with Crippen molar-refractivity contribution in [2.45, 2.75) is 38.6 Å². The Morgan fingerprint density at radius 3 is 2.60 bits per heavy atom. The summed E-state index contributed by atoms with van der Waals surface area (Å²) in [6, 6.07) is 8.99. The van der Waals surface area contributed by atoms with Gasteiger partial charge in [-0.3, -0.25) is 9.59 Å². The molecule has 2 aromatic rings. The zero-order valence-electron chi connectivity index (χ0n) is 14.4. The van der Waals surface area contributed by atoms with E-state index in [2.05, 4.69) is 15.5 Å². The number of carbonyl (C=O) groups is 2. The van der Waals surface area contributed by atoms with Crippen LogP contribution in [0.1, 0.15) is 31.9 Å². The van der Waals surface area contributed by atoms with Gasteiger partial charge in [-0.1, -0.05) is 18.2 Å². The molecule has 1 atom stereocenters. The van der Waals surface area contributed by atoms with Crippen LogP contribution < -0.4 is 5.32 Å². The van der Waals surface area contributed by atoms with E-state index in [4.69, 9.17) is 0 Å². The Labute approximate surface area is 147 Å². The van der Waals surface area contributed by atoms with Gasteiger partial charge in [-0.05, 0) is 38.3 Å². The summed E-state index contributed by atoms with van der Waals surface area (Å²) in [5.74, 6) is -0.237. The van der Waals surface area contributed by atoms with Crippen molar-refractivity contribution in [2.75, 3.05) is 13.1 Å². The molecule has 7 nitrogen and oxygen atoms in total. The molecule has 3 rings (SSSR count). The summed E-state index contributed by atoms with van der Waals surface area (Å²) in [7, 11) is 0. The summed E-state index contributed by atoms with van der Waals surface area (Å²) >= 11 is 0. The molecule has 1 aliphatic rings. The Morgan fingerprint density at radius 2 is 1.88 bits per heavy atom. The number of likely N-dealkylation sites (tertiary alicyclic amines) is 1. The van der Waals surface area contributed by atoms with Crippen molar-refractivity contribution in [3.05, 3.63) is 42.2 Å². The van der Waals surface area contributed by atoms with Crippen molar-refractivity contribution >= 4 is 11.8 Å². The van der Waals surface area contributed by atoms with Crippen molar-refractivity contribution in [2.24, 2.45) is 0 Å². The molecule has 1 fully saturated rings. The lowest BCUT2D eigenvalue weighted by Gasteiger charge is -2.29. The van der Waals surface area contributed by atoms with Gasteiger partial charge in [-0.25, -0.2) is 0 Å². The summed E-state index contributed by atoms with van der Waals surface area (Å²) in [6.45, 7) is 3.30. The molecule has 0 unspecified atom stereocenters. The molecule has 1 aliphatic heterocycles. The number of hydrogen-bond donors (Lipinski definition) is 1. The molecule has 2 amide bonds. The molecular formula is C18H23N5O2. The minimum absolute atomic E-state index is 0.0130. The molecule has 2 heterocycles. The van der Waals surface area contributed by atoms with E-state index in [1.54, 1.807) is 13.1 Å². The van der Waals surface area contributed by atoms with Crippen LogP contribution in [0.2, 0.25) is 0 Å². The van der Waals surface area contributed by atoms with Crippen LogP contribution in [0.3, 0.4) is 0 Å². The summed E-state index contributed by atoms with van der Waals surface area (Å²) in [4.78, 5) is 27.9. The van der Waals surface area contributed by atoms with Gasteiger partial charge in [-0.2, -0.15) is 15.0 Å². The van der Waals surface area contributed by atoms with Crippen LogP contribution in [0.15, 0.2) is 36.5 Å². The SMILES string of the molecule is C[C@H](NC(=O)Cc1cnn(-c2ccccc2)n1)C(=O)N1CCCCC1.